The van der Waals surface area contributed by atoms with E-state index in [0.29, 0.717) is 17.1 Å². The van der Waals surface area contributed by atoms with Crippen molar-refractivity contribution in [2.24, 2.45) is 0 Å². The van der Waals surface area contributed by atoms with Crippen molar-refractivity contribution in [3.8, 4) is 17.4 Å². The first-order chi connectivity index (χ1) is 11.2. The Morgan fingerprint density at radius 2 is 1.91 bits per heavy atom. The molecule has 2 aromatic heterocycles. The molecule has 0 unspecified atom stereocenters. The summed E-state index contributed by atoms with van der Waals surface area (Å²) >= 11 is 0. The zero-order valence-electron chi connectivity index (χ0n) is 11.9. The molecule has 0 aliphatic rings. The lowest BCUT2D eigenvalue weighted by Crippen LogP contribution is -2.32. The number of nitrogens with zero attached hydrogens (tertiary/aromatic N) is 1. The zero-order valence-corrected chi connectivity index (χ0v) is 11.9. The molecule has 0 radical (unpaired) electrons. The van der Waals surface area contributed by atoms with Crippen molar-refractivity contribution in [1.29, 1.82) is 0 Å². The first kappa shape index (κ1) is 14.6. The molecule has 0 fully saturated rings. The molecule has 0 aliphatic carbocycles. The van der Waals surface area contributed by atoms with E-state index < -0.39 is 6.09 Å². The number of rotatable bonds is 5. The number of ether oxygens (including phenoxy) is 1. The standard InChI is InChI=1S/C16H12N2O5/c19-12(11-5-2-1-3-6-11)10-17-16(20)22-15-9-14(23-18-15)13-7-4-8-21-13/h1-9H,10H2,(H,17,20). The van der Waals surface area contributed by atoms with Crippen LogP contribution >= 0.6 is 0 Å². The van der Waals surface area contributed by atoms with Gasteiger partial charge < -0.3 is 19.0 Å². The number of hydrogen-bond acceptors (Lipinski definition) is 6. The SMILES string of the molecule is O=C(NCC(=O)c1ccccc1)Oc1cc(-c2ccco2)on1. The zero-order chi connectivity index (χ0) is 16.1. The minimum Gasteiger partial charge on any atom is -0.461 e. The molecule has 7 nitrogen and oxygen atoms in total. The Labute approximate surface area is 130 Å². The molecule has 0 bridgehead atoms. The molecule has 0 aliphatic heterocycles. The summed E-state index contributed by atoms with van der Waals surface area (Å²) < 4.78 is 15.1. The number of ketones is 1. The fourth-order valence-electron chi connectivity index (χ4n) is 1.85. The molecule has 1 aromatic carbocycles. The maximum atomic E-state index is 11.8. The van der Waals surface area contributed by atoms with Crippen molar-refractivity contribution in [3.63, 3.8) is 0 Å². The first-order valence-electron chi connectivity index (χ1n) is 6.77. The number of Topliss-reactive ketones (excluding diaryl/α,β-unsaturated/α-hetero) is 1. The predicted octanol–water partition coefficient (Wildman–Crippen LogP) is 2.91. The molecule has 116 valence electrons. The molecule has 7 heteroatoms. The number of nitrogens with one attached hydrogen (secondary N) is 1. The normalized spacial score (nSPS) is 10.3. The van der Waals surface area contributed by atoms with Gasteiger partial charge in [0.2, 0.25) is 5.76 Å². The molecule has 0 atom stereocenters. The molecule has 2 heterocycles. The predicted molar refractivity (Wildman–Crippen MR) is 79.0 cm³/mol. The van der Waals surface area contributed by atoms with Crippen LogP contribution in [0.1, 0.15) is 10.4 Å². The van der Waals surface area contributed by atoms with Gasteiger partial charge in [-0.2, -0.15) is 0 Å². The second-order valence-corrected chi connectivity index (χ2v) is 4.54. The van der Waals surface area contributed by atoms with Crippen LogP contribution in [0.3, 0.4) is 0 Å². The third-order valence-corrected chi connectivity index (χ3v) is 2.94. The van der Waals surface area contributed by atoms with Crippen LogP contribution in [-0.4, -0.2) is 23.6 Å². The Bertz CT molecular complexity index is 793. The van der Waals surface area contributed by atoms with Crippen molar-refractivity contribution in [2.75, 3.05) is 6.54 Å². The lowest BCUT2D eigenvalue weighted by molar-refractivity contribution is 0.0987. The molecular weight excluding hydrogens is 300 g/mol. The van der Waals surface area contributed by atoms with E-state index >= 15 is 0 Å². The van der Waals surface area contributed by atoms with Gasteiger partial charge in [-0.15, -0.1) is 0 Å². The van der Waals surface area contributed by atoms with Crippen LogP contribution in [0.25, 0.3) is 11.5 Å². The Kier molecular flexibility index (Phi) is 4.19. The summed E-state index contributed by atoms with van der Waals surface area (Å²) in [7, 11) is 0. The van der Waals surface area contributed by atoms with Gasteiger partial charge in [-0.3, -0.25) is 4.79 Å². The van der Waals surface area contributed by atoms with Crippen LogP contribution in [0.2, 0.25) is 0 Å². The lowest BCUT2D eigenvalue weighted by atomic mass is 10.1. The van der Waals surface area contributed by atoms with Gasteiger partial charge in [-0.25, -0.2) is 4.79 Å². The highest BCUT2D eigenvalue weighted by Crippen LogP contribution is 2.23. The fourth-order valence-corrected chi connectivity index (χ4v) is 1.85. The Morgan fingerprint density at radius 3 is 2.65 bits per heavy atom. The largest absolute Gasteiger partial charge is 0.461 e. The topological polar surface area (TPSA) is 94.6 Å². The van der Waals surface area contributed by atoms with Crippen LogP contribution in [0.4, 0.5) is 4.79 Å². The highest BCUT2D eigenvalue weighted by Gasteiger charge is 2.14. The summed E-state index contributed by atoms with van der Waals surface area (Å²) in [6.07, 6.45) is 0.689. The van der Waals surface area contributed by atoms with Crippen molar-refractivity contribution in [1.82, 2.24) is 10.5 Å². The van der Waals surface area contributed by atoms with Gasteiger partial charge >= 0.3 is 6.09 Å². The Hall–Kier alpha value is -3.35. The number of carbonyl (C=O) groups excluding carboxylic acids is 2. The van der Waals surface area contributed by atoms with Gasteiger partial charge in [0, 0.05) is 5.56 Å². The second-order valence-electron chi connectivity index (χ2n) is 4.54. The van der Waals surface area contributed by atoms with E-state index in [4.69, 9.17) is 13.7 Å². The van der Waals surface area contributed by atoms with Crippen LogP contribution in [-0.2, 0) is 0 Å². The number of benzene rings is 1. The maximum absolute atomic E-state index is 11.8. The van der Waals surface area contributed by atoms with E-state index in [1.165, 1.54) is 12.3 Å². The van der Waals surface area contributed by atoms with E-state index in [-0.39, 0.29) is 18.2 Å². The summed E-state index contributed by atoms with van der Waals surface area (Å²) in [6, 6.07) is 13.4. The fraction of sp³-hybridized carbons (Fsp3) is 0.0625. The highest BCUT2D eigenvalue weighted by molar-refractivity contribution is 5.98. The molecule has 1 amide bonds. The van der Waals surface area contributed by atoms with Crippen molar-refractivity contribution >= 4 is 11.9 Å². The minimum atomic E-state index is -0.798. The van der Waals surface area contributed by atoms with Gasteiger partial charge in [-0.05, 0) is 17.3 Å². The van der Waals surface area contributed by atoms with E-state index in [1.54, 1.807) is 42.5 Å². The van der Waals surface area contributed by atoms with E-state index in [9.17, 15) is 9.59 Å². The molecule has 0 saturated heterocycles. The van der Waals surface area contributed by atoms with Gasteiger partial charge in [0.05, 0.1) is 18.9 Å². The average molecular weight is 312 g/mol. The third-order valence-electron chi connectivity index (χ3n) is 2.94. The monoisotopic (exact) mass is 312 g/mol. The third kappa shape index (κ3) is 3.65. The van der Waals surface area contributed by atoms with Gasteiger partial charge in [-0.1, -0.05) is 30.3 Å². The molecule has 23 heavy (non-hydrogen) atoms. The summed E-state index contributed by atoms with van der Waals surface area (Å²) in [5.41, 5.74) is 0.509. The molecule has 3 aromatic rings. The smallest absolute Gasteiger partial charge is 0.414 e. The number of carbonyl (C=O) groups is 2. The number of aromatic nitrogens is 1. The second kappa shape index (κ2) is 6.61. The summed E-state index contributed by atoms with van der Waals surface area (Å²) in [4.78, 5) is 23.5. The summed E-state index contributed by atoms with van der Waals surface area (Å²) in [6.45, 7) is -0.175. The van der Waals surface area contributed by atoms with Crippen LogP contribution < -0.4 is 10.1 Å². The molecule has 0 spiro atoms. The van der Waals surface area contributed by atoms with Crippen LogP contribution in [0, 0.1) is 0 Å². The highest BCUT2D eigenvalue weighted by atomic mass is 16.6. The van der Waals surface area contributed by atoms with Crippen molar-refractivity contribution in [3.05, 3.63) is 60.4 Å². The van der Waals surface area contributed by atoms with Crippen LogP contribution in [0.5, 0.6) is 5.88 Å². The van der Waals surface area contributed by atoms with Crippen LogP contribution in [0.15, 0.2) is 63.7 Å². The Balaban J connectivity index is 1.53. The quantitative estimate of drug-likeness (QED) is 0.728. The Morgan fingerprint density at radius 1 is 1.09 bits per heavy atom. The maximum Gasteiger partial charge on any atom is 0.414 e. The minimum absolute atomic E-state index is 0.0268. The molecule has 1 N–H and O–H groups in total. The number of furan rings is 1. The molecular formula is C16H12N2O5. The first-order valence-corrected chi connectivity index (χ1v) is 6.77. The van der Waals surface area contributed by atoms with Crippen molar-refractivity contribution < 1.29 is 23.3 Å². The van der Waals surface area contributed by atoms with E-state index in [0.717, 1.165) is 0 Å². The number of amides is 1. The summed E-state index contributed by atoms with van der Waals surface area (Å²) in [5, 5.41) is 5.95. The molecule has 3 rings (SSSR count). The lowest BCUT2D eigenvalue weighted by Gasteiger charge is -2.03. The number of hydrogen-bond donors (Lipinski definition) is 1. The van der Waals surface area contributed by atoms with Gasteiger partial charge in [0.25, 0.3) is 5.88 Å². The molecule has 0 saturated carbocycles. The van der Waals surface area contributed by atoms with E-state index in [1.807, 2.05) is 0 Å². The average Bonchev–Trinajstić information content (AvgIpc) is 3.24. The van der Waals surface area contributed by atoms with Gasteiger partial charge in [0.1, 0.15) is 0 Å². The van der Waals surface area contributed by atoms with Gasteiger partial charge in [0.15, 0.2) is 11.5 Å². The van der Waals surface area contributed by atoms with Crippen molar-refractivity contribution in [2.45, 2.75) is 0 Å². The summed E-state index contributed by atoms with van der Waals surface area (Å²) in [5.74, 6) is 0.546. The van der Waals surface area contributed by atoms with E-state index in [2.05, 4.69) is 10.5 Å².